The predicted octanol–water partition coefficient (Wildman–Crippen LogP) is -0.774. The smallest absolute Gasteiger partial charge is 0.244 e. The van der Waals surface area contributed by atoms with Crippen molar-refractivity contribution < 1.29 is 4.79 Å². The maximum atomic E-state index is 12.1. The molecular weight excluding hydrogens is 220 g/mol. The van der Waals surface area contributed by atoms with Crippen LogP contribution in [-0.4, -0.2) is 69.1 Å². The van der Waals surface area contributed by atoms with Crippen LogP contribution in [0.5, 0.6) is 0 Å². The predicted molar refractivity (Wildman–Crippen MR) is 61.1 cm³/mol. The first kappa shape index (κ1) is 12.0. The van der Waals surface area contributed by atoms with Crippen LogP contribution in [0.4, 0.5) is 0 Å². The van der Waals surface area contributed by atoms with Gasteiger partial charge in [0.2, 0.25) is 5.91 Å². The second-order valence-corrected chi connectivity index (χ2v) is 4.65. The summed E-state index contributed by atoms with van der Waals surface area (Å²) >= 11 is 0. The number of carbonyl (C=O) groups is 1. The Morgan fingerprint density at radius 2 is 2.35 bits per heavy atom. The van der Waals surface area contributed by atoms with Gasteiger partial charge in [0.15, 0.2) is 0 Å². The maximum absolute atomic E-state index is 12.1. The Morgan fingerprint density at radius 1 is 1.53 bits per heavy atom. The van der Waals surface area contributed by atoms with Crippen molar-refractivity contribution in [3.8, 4) is 0 Å². The third-order valence-electron chi connectivity index (χ3n) is 2.96. The second-order valence-electron chi connectivity index (χ2n) is 4.65. The van der Waals surface area contributed by atoms with Crippen LogP contribution in [0.2, 0.25) is 0 Å². The van der Waals surface area contributed by atoms with Gasteiger partial charge in [-0.1, -0.05) is 0 Å². The Labute approximate surface area is 100 Å². The van der Waals surface area contributed by atoms with Gasteiger partial charge in [0.05, 0.1) is 0 Å². The molecule has 0 saturated carbocycles. The van der Waals surface area contributed by atoms with E-state index in [2.05, 4.69) is 20.4 Å². The number of amides is 1. The quantitative estimate of drug-likeness (QED) is 0.689. The highest BCUT2D eigenvalue weighted by atomic mass is 16.2. The fourth-order valence-electron chi connectivity index (χ4n) is 2.26. The Kier molecular flexibility index (Phi) is 3.68. The van der Waals surface area contributed by atoms with E-state index in [0.717, 1.165) is 25.9 Å². The summed E-state index contributed by atoms with van der Waals surface area (Å²) in [5, 5.41) is 10.8. The number of tetrazole rings is 1. The first-order valence-corrected chi connectivity index (χ1v) is 5.82. The van der Waals surface area contributed by atoms with Gasteiger partial charge in [0.1, 0.15) is 12.9 Å². The van der Waals surface area contributed by atoms with Crippen LogP contribution in [0.1, 0.15) is 12.8 Å². The highest BCUT2D eigenvalue weighted by Crippen LogP contribution is 2.18. The van der Waals surface area contributed by atoms with Gasteiger partial charge in [-0.05, 0) is 37.4 Å². The molecule has 1 aromatic rings. The molecule has 1 aliphatic rings. The van der Waals surface area contributed by atoms with Gasteiger partial charge < -0.3 is 9.80 Å². The van der Waals surface area contributed by atoms with Gasteiger partial charge in [-0.3, -0.25) is 4.79 Å². The molecule has 1 amide bonds. The van der Waals surface area contributed by atoms with E-state index in [9.17, 15) is 4.79 Å². The number of hydrogen-bond acceptors (Lipinski definition) is 5. The van der Waals surface area contributed by atoms with Crippen molar-refractivity contribution in [1.82, 2.24) is 30.0 Å². The van der Waals surface area contributed by atoms with Crippen molar-refractivity contribution in [1.29, 1.82) is 0 Å². The van der Waals surface area contributed by atoms with E-state index in [1.807, 2.05) is 19.0 Å². The summed E-state index contributed by atoms with van der Waals surface area (Å²) in [6.07, 6.45) is 3.63. The first-order chi connectivity index (χ1) is 8.16. The van der Waals surface area contributed by atoms with Gasteiger partial charge in [-0.25, -0.2) is 4.68 Å². The summed E-state index contributed by atoms with van der Waals surface area (Å²) in [6, 6.07) is 0.328. The molecule has 17 heavy (non-hydrogen) atoms. The largest absolute Gasteiger partial charge is 0.337 e. The molecular formula is C10H18N6O. The van der Waals surface area contributed by atoms with Crippen LogP contribution in [0, 0.1) is 0 Å². The molecule has 7 heteroatoms. The van der Waals surface area contributed by atoms with Gasteiger partial charge in [-0.15, -0.1) is 5.10 Å². The fourth-order valence-corrected chi connectivity index (χ4v) is 2.26. The minimum Gasteiger partial charge on any atom is -0.337 e. The van der Waals surface area contributed by atoms with E-state index in [0.29, 0.717) is 6.04 Å². The molecule has 1 aliphatic heterocycles. The van der Waals surface area contributed by atoms with Crippen LogP contribution < -0.4 is 0 Å². The van der Waals surface area contributed by atoms with E-state index in [-0.39, 0.29) is 12.5 Å². The number of likely N-dealkylation sites (N-methyl/N-ethyl adjacent to an activating group) is 1. The van der Waals surface area contributed by atoms with Gasteiger partial charge in [-0.2, -0.15) is 0 Å². The lowest BCUT2D eigenvalue weighted by molar-refractivity contribution is -0.133. The lowest BCUT2D eigenvalue weighted by Gasteiger charge is -2.27. The topological polar surface area (TPSA) is 67.2 Å². The SMILES string of the molecule is CN(C)CC1CCCN1C(=O)Cn1cnnn1. The molecule has 2 rings (SSSR count). The van der Waals surface area contributed by atoms with Crippen molar-refractivity contribution >= 4 is 5.91 Å². The number of aromatic nitrogens is 4. The van der Waals surface area contributed by atoms with Crippen LogP contribution in [-0.2, 0) is 11.3 Å². The molecule has 1 fully saturated rings. The lowest BCUT2D eigenvalue weighted by atomic mass is 10.2. The van der Waals surface area contributed by atoms with Gasteiger partial charge >= 0.3 is 0 Å². The third kappa shape index (κ3) is 3.00. The van der Waals surface area contributed by atoms with Crippen LogP contribution in [0.15, 0.2) is 6.33 Å². The number of hydrogen-bond donors (Lipinski definition) is 0. The molecule has 0 bridgehead atoms. The molecule has 1 aromatic heterocycles. The Balaban J connectivity index is 1.93. The van der Waals surface area contributed by atoms with Gasteiger partial charge in [0.25, 0.3) is 0 Å². The molecule has 1 atom stereocenters. The van der Waals surface area contributed by atoms with Crippen molar-refractivity contribution in [2.45, 2.75) is 25.4 Å². The molecule has 0 spiro atoms. The average Bonchev–Trinajstić information content (AvgIpc) is 2.87. The summed E-state index contributed by atoms with van der Waals surface area (Å²) in [7, 11) is 4.06. The van der Waals surface area contributed by atoms with E-state index >= 15 is 0 Å². The minimum atomic E-state index is 0.0988. The van der Waals surface area contributed by atoms with Crippen LogP contribution >= 0.6 is 0 Å². The zero-order chi connectivity index (χ0) is 12.3. The lowest BCUT2D eigenvalue weighted by Crippen LogP contribution is -2.42. The summed E-state index contributed by atoms with van der Waals surface area (Å²) in [4.78, 5) is 16.2. The van der Waals surface area contributed by atoms with Crippen LogP contribution in [0.25, 0.3) is 0 Å². The summed E-state index contributed by atoms with van der Waals surface area (Å²) in [5.74, 6) is 0.0988. The van der Waals surface area contributed by atoms with Crippen molar-refractivity contribution in [3.05, 3.63) is 6.33 Å². The molecule has 94 valence electrons. The van der Waals surface area contributed by atoms with Crippen molar-refractivity contribution in [2.24, 2.45) is 0 Å². The summed E-state index contributed by atoms with van der Waals surface area (Å²) in [5.41, 5.74) is 0. The molecule has 0 aromatic carbocycles. The van der Waals surface area contributed by atoms with E-state index in [1.54, 1.807) is 0 Å². The Morgan fingerprint density at radius 3 is 3.00 bits per heavy atom. The molecule has 2 heterocycles. The molecule has 0 radical (unpaired) electrons. The Hall–Kier alpha value is -1.50. The van der Waals surface area contributed by atoms with E-state index in [1.165, 1.54) is 11.0 Å². The molecule has 7 nitrogen and oxygen atoms in total. The normalized spacial score (nSPS) is 20.2. The second kappa shape index (κ2) is 5.22. The zero-order valence-corrected chi connectivity index (χ0v) is 10.3. The fraction of sp³-hybridized carbons (Fsp3) is 0.800. The minimum absolute atomic E-state index is 0.0988. The molecule has 1 saturated heterocycles. The van der Waals surface area contributed by atoms with Crippen molar-refractivity contribution in [2.75, 3.05) is 27.2 Å². The number of likely N-dealkylation sites (tertiary alicyclic amines) is 1. The van der Waals surface area contributed by atoms with Crippen LogP contribution in [0.3, 0.4) is 0 Å². The van der Waals surface area contributed by atoms with E-state index in [4.69, 9.17) is 0 Å². The van der Waals surface area contributed by atoms with E-state index < -0.39 is 0 Å². The Bertz CT molecular complexity index is 363. The van der Waals surface area contributed by atoms with Gasteiger partial charge in [0, 0.05) is 19.1 Å². The number of carbonyl (C=O) groups excluding carboxylic acids is 1. The summed E-state index contributed by atoms with van der Waals surface area (Å²) < 4.78 is 1.47. The first-order valence-electron chi connectivity index (χ1n) is 5.82. The third-order valence-corrected chi connectivity index (χ3v) is 2.96. The van der Waals surface area contributed by atoms with Crippen molar-refractivity contribution in [3.63, 3.8) is 0 Å². The number of rotatable bonds is 4. The molecule has 0 N–H and O–H groups in total. The highest BCUT2D eigenvalue weighted by Gasteiger charge is 2.28. The molecule has 1 unspecified atom stereocenters. The zero-order valence-electron chi connectivity index (χ0n) is 10.3. The summed E-state index contributed by atoms with van der Waals surface area (Å²) in [6.45, 7) is 2.00. The molecule has 0 aliphatic carbocycles. The number of nitrogens with zero attached hydrogens (tertiary/aromatic N) is 6. The highest BCUT2D eigenvalue weighted by molar-refractivity contribution is 5.76. The maximum Gasteiger partial charge on any atom is 0.244 e. The average molecular weight is 238 g/mol. The standard InChI is InChI=1S/C10H18N6O/c1-14(2)6-9-4-3-5-16(9)10(17)7-15-8-11-12-13-15/h8-9H,3-7H2,1-2H3. The monoisotopic (exact) mass is 238 g/mol.